The zero-order valence-electron chi connectivity index (χ0n) is 11.9. The van der Waals surface area contributed by atoms with E-state index in [0.717, 1.165) is 29.4 Å². The molecule has 110 valence electrons. The Hall–Kier alpha value is -1.62. The van der Waals surface area contributed by atoms with Crippen molar-refractivity contribution in [1.29, 1.82) is 0 Å². The number of hydrogen-bond acceptors (Lipinski definition) is 3. The van der Waals surface area contributed by atoms with Crippen molar-refractivity contribution < 1.29 is 9.32 Å². The Morgan fingerprint density at radius 3 is 2.81 bits per heavy atom. The van der Waals surface area contributed by atoms with Gasteiger partial charge in [0.2, 0.25) is 0 Å². The number of piperidine rings is 1. The van der Waals surface area contributed by atoms with E-state index < -0.39 is 0 Å². The molecule has 21 heavy (non-hydrogen) atoms. The number of halogens is 1. The van der Waals surface area contributed by atoms with Crippen molar-refractivity contribution in [2.45, 2.75) is 32.2 Å². The van der Waals surface area contributed by atoms with Crippen LogP contribution in [0.3, 0.4) is 0 Å². The van der Waals surface area contributed by atoms with Gasteiger partial charge in [-0.3, -0.25) is 4.79 Å². The second-order valence-corrected chi connectivity index (χ2v) is 6.34. The molecule has 0 spiro atoms. The minimum Gasteiger partial charge on any atom is -0.355 e. The lowest BCUT2D eigenvalue weighted by Gasteiger charge is -2.32. The second-order valence-electron chi connectivity index (χ2n) is 5.43. The number of benzene rings is 1. The molecule has 1 amide bonds. The summed E-state index contributed by atoms with van der Waals surface area (Å²) in [7, 11) is 0. The fraction of sp³-hybridized carbons (Fsp3) is 0.375. The van der Waals surface area contributed by atoms with Crippen LogP contribution in [0.1, 0.15) is 36.7 Å². The molecule has 0 saturated carbocycles. The van der Waals surface area contributed by atoms with E-state index >= 15 is 0 Å². The van der Waals surface area contributed by atoms with Crippen molar-refractivity contribution in [3.05, 3.63) is 40.5 Å². The molecule has 0 radical (unpaired) electrons. The summed E-state index contributed by atoms with van der Waals surface area (Å²) in [5.41, 5.74) is 1.30. The predicted molar refractivity (Wildman–Crippen MR) is 84.0 cm³/mol. The largest absolute Gasteiger partial charge is 0.355 e. The fourth-order valence-electron chi connectivity index (χ4n) is 2.67. The molecule has 1 aromatic heterocycles. The summed E-state index contributed by atoms with van der Waals surface area (Å²) in [6.45, 7) is 2.90. The van der Waals surface area contributed by atoms with Crippen LogP contribution in [-0.4, -0.2) is 28.6 Å². The van der Waals surface area contributed by atoms with E-state index in [0.29, 0.717) is 11.5 Å². The van der Waals surface area contributed by atoms with E-state index in [1.54, 1.807) is 6.07 Å². The Labute approximate surface area is 132 Å². The average Bonchev–Trinajstić information content (AvgIpc) is 2.98. The Morgan fingerprint density at radius 1 is 1.33 bits per heavy atom. The van der Waals surface area contributed by atoms with E-state index in [1.807, 2.05) is 29.2 Å². The quantitative estimate of drug-likeness (QED) is 0.819. The molecule has 0 aliphatic carbocycles. The fourth-order valence-corrected chi connectivity index (χ4v) is 2.94. The van der Waals surface area contributed by atoms with Gasteiger partial charge < -0.3 is 9.42 Å². The number of aromatic nitrogens is 1. The molecule has 0 bridgehead atoms. The van der Waals surface area contributed by atoms with Crippen LogP contribution in [0.15, 0.2) is 39.3 Å². The predicted octanol–water partition coefficient (Wildman–Crippen LogP) is 4.12. The zero-order valence-corrected chi connectivity index (χ0v) is 13.5. The maximum atomic E-state index is 12.5. The third kappa shape index (κ3) is 3.02. The first-order valence-corrected chi connectivity index (χ1v) is 7.98. The van der Waals surface area contributed by atoms with Gasteiger partial charge in [-0.05, 0) is 38.3 Å². The maximum absolute atomic E-state index is 12.5. The Kier molecular flexibility index (Phi) is 4.10. The van der Waals surface area contributed by atoms with Gasteiger partial charge in [-0.15, -0.1) is 0 Å². The summed E-state index contributed by atoms with van der Waals surface area (Å²) < 4.78 is 6.33. The lowest BCUT2D eigenvalue weighted by molar-refractivity contribution is 0.0625. The van der Waals surface area contributed by atoms with Gasteiger partial charge in [-0.2, -0.15) is 0 Å². The van der Waals surface area contributed by atoms with Crippen LogP contribution in [0, 0.1) is 0 Å². The number of carbonyl (C=O) groups excluding carboxylic acids is 1. The molecule has 1 unspecified atom stereocenters. The topological polar surface area (TPSA) is 46.3 Å². The molecule has 2 aromatic rings. The lowest BCUT2D eigenvalue weighted by atomic mass is 10.0. The summed E-state index contributed by atoms with van der Waals surface area (Å²) in [5.74, 6) is 0.588. The maximum Gasteiger partial charge on any atom is 0.276 e. The minimum atomic E-state index is -0.0330. The number of hydrogen-bond donors (Lipinski definition) is 0. The normalized spacial score (nSPS) is 18.8. The van der Waals surface area contributed by atoms with Crippen LogP contribution in [0.5, 0.6) is 0 Å². The molecule has 1 aliphatic rings. The van der Waals surface area contributed by atoms with Gasteiger partial charge >= 0.3 is 0 Å². The smallest absolute Gasteiger partial charge is 0.276 e. The number of carbonyl (C=O) groups is 1. The van der Waals surface area contributed by atoms with Gasteiger partial charge in [-0.25, -0.2) is 0 Å². The number of rotatable bonds is 2. The highest BCUT2D eigenvalue weighted by Gasteiger charge is 2.26. The summed E-state index contributed by atoms with van der Waals surface area (Å²) >= 11 is 3.40. The van der Waals surface area contributed by atoms with Crippen molar-refractivity contribution in [2.75, 3.05) is 6.54 Å². The molecule has 1 fully saturated rings. The standard InChI is InChI=1S/C16H17BrN2O2/c1-11-4-2-3-9-19(11)16(20)14-10-15(21-18-14)12-5-7-13(17)8-6-12/h5-8,10-11H,2-4,9H2,1H3. The molecule has 1 saturated heterocycles. The van der Waals surface area contributed by atoms with E-state index in [9.17, 15) is 4.79 Å². The van der Waals surface area contributed by atoms with Crippen LogP contribution < -0.4 is 0 Å². The molecule has 0 N–H and O–H groups in total. The van der Waals surface area contributed by atoms with Gasteiger partial charge in [-0.1, -0.05) is 33.2 Å². The first-order valence-electron chi connectivity index (χ1n) is 7.19. The summed E-state index contributed by atoms with van der Waals surface area (Å²) in [4.78, 5) is 14.4. The van der Waals surface area contributed by atoms with Gasteiger partial charge in [0.15, 0.2) is 11.5 Å². The van der Waals surface area contributed by atoms with Crippen LogP contribution in [0.25, 0.3) is 11.3 Å². The molecule has 2 heterocycles. The van der Waals surface area contributed by atoms with Crippen molar-refractivity contribution in [3.8, 4) is 11.3 Å². The van der Waals surface area contributed by atoms with Gasteiger partial charge in [0, 0.05) is 28.7 Å². The molecular formula is C16H17BrN2O2. The van der Waals surface area contributed by atoms with Crippen LogP contribution in [0.2, 0.25) is 0 Å². The number of nitrogens with zero attached hydrogens (tertiary/aromatic N) is 2. The first-order chi connectivity index (χ1) is 10.1. The van der Waals surface area contributed by atoms with Crippen molar-refractivity contribution in [1.82, 2.24) is 10.1 Å². The molecule has 4 nitrogen and oxygen atoms in total. The number of amides is 1. The zero-order chi connectivity index (χ0) is 14.8. The van der Waals surface area contributed by atoms with E-state index in [2.05, 4.69) is 28.0 Å². The van der Waals surface area contributed by atoms with Crippen molar-refractivity contribution >= 4 is 21.8 Å². The van der Waals surface area contributed by atoms with Crippen LogP contribution >= 0.6 is 15.9 Å². The third-order valence-corrected chi connectivity index (χ3v) is 4.45. The van der Waals surface area contributed by atoms with E-state index in [4.69, 9.17) is 4.52 Å². The Morgan fingerprint density at radius 2 is 2.10 bits per heavy atom. The van der Waals surface area contributed by atoms with Crippen molar-refractivity contribution in [3.63, 3.8) is 0 Å². The molecule has 1 atom stereocenters. The molecule has 1 aromatic carbocycles. The van der Waals surface area contributed by atoms with Gasteiger partial charge in [0.05, 0.1) is 0 Å². The lowest BCUT2D eigenvalue weighted by Crippen LogP contribution is -2.42. The molecule has 1 aliphatic heterocycles. The van der Waals surface area contributed by atoms with E-state index in [1.165, 1.54) is 6.42 Å². The number of likely N-dealkylation sites (tertiary alicyclic amines) is 1. The highest BCUT2D eigenvalue weighted by atomic mass is 79.9. The SMILES string of the molecule is CC1CCCCN1C(=O)c1cc(-c2ccc(Br)cc2)on1. The molecular weight excluding hydrogens is 332 g/mol. The molecule has 3 rings (SSSR count). The minimum absolute atomic E-state index is 0.0330. The van der Waals surface area contributed by atoms with Gasteiger partial charge in [0.25, 0.3) is 5.91 Å². The first kappa shape index (κ1) is 14.3. The van der Waals surface area contributed by atoms with E-state index in [-0.39, 0.29) is 11.9 Å². The van der Waals surface area contributed by atoms with Crippen LogP contribution in [-0.2, 0) is 0 Å². The van der Waals surface area contributed by atoms with Crippen molar-refractivity contribution in [2.24, 2.45) is 0 Å². The Balaban J connectivity index is 1.81. The molecule has 5 heteroatoms. The monoisotopic (exact) mass is 348 g/mol. The average molecular weight is 349 g/mol. The van der Waals surface area contributed by atoms with Gasteiger partial charge in [0.1, 0.15) is 0 Å². The highest BCUT2D eigenvalue weighted by Crippen LogP contribution is 2.24. The second kappa shape index (κ2) is 6.02. The summed E-state index contributed by atoms with van der Waals surface area (Å²) in [5, 5.41) is 3.95. The summed E-state index contributed by atoms with van der Waals surface area (Å²) in [6, 6.07) is 9.74. The third-order valence-electron chi connectivity index (χ3n) is 3.92. The summed E-state index contributed by atoms with van der Waals surface area (Å²) in [6.07, 6.45) is 3.31. The Bertz CT molecular complexity index is 636. The van der Waals surface area contributed by atoms with Crippen LogP contribution in [0.4, 0.5) is 0 Å². The highest BCUT2D eigenvalue weighted by molar-refractivity contribution is 9.10.